The molecule has 1 N–H and O–H groups in total. The summed E-state index contributed by atoms with van der Waals surface area (Å²) >= 11 is 0. The zero-order valence-corrected chi connectivity index (χ0v) is 12.0. The minimum atomic E-state index is -0.451. The third-order valence-electron chi connectivity index (χ3n) is 5.04. The van der Waals surface area contributed by atoms with Gasteiger partial charge in [0, 0.05) is 12.5 Å². The van der Waals surface area contributed by atoms with Gasteiger partial charge in [-0.1, -0.05) is 30.3 Å². The SMILES string of the molecule is CN1C2CC3=C(C(=O)CC(c4ccccc4)O3)C1C(O)C2. The summed E-state index contributed by atoms with van der Waals surface area (Å²) in [4.78, 5) is 14.7. The Balaban J connectivity index is 1.69. The fourth-order valence-electron chi connectivity index (χ4n) is 3.96. The van der Waals surface area contributed by atoms with Crippen LogP contribution in [-0.2, 0) is 9.53 Å². The maximum atomic E-state index is 12.6. The maximum absolute atomic E-state index is 12.6. The third-order valence-corrected chi connectivity index (χ3v) is 5.04. The van der Waals surface area contributed by atoms with Crippen LogP contribution in [0.3, 0.4) is 0 Å². The van der Waals surface area contributed by atoms with Crippen molar-refractivity contribution in [2.24, 2.45) is 0 Å². The Morgan fingerprint density at radius 3 is 2.76 bits per heavy atom. The molecule has 3 aliphatic heterocycles. The summed E-state index contributed by atoms with van der Waals surface area (Å²) in [6.07, 6.45) is 1.19. The second-order valence-corrected chi connectivity index (χ2v) is 6.25. The minimum Gasteiger partial charge on any atom is -0.489 e. The van der Waals surface area contributed by atoms with Crippen LogP contribution in [0.2, 0.25) is 0 Å². The number of nitrogens with zero attached hydrogens (tertiary/aromatic N) is 1. The van der Waals surface area contributed by atoms with E-state index in [1.54, 1.807) is 0 Å². The molecule has 2 bridgehead atoms. The lowest BCUT2D eigenvalue weighted by atomic mass is 9.88. The number of hydrogen-bond donors (Lipinski definition) is 1. The summed E-state index contributed by atoms with van der Waals surface area (Å²) in [6.45, 7) is 0. The zero-order valence-electron chi connectivity index (χ0n) is 12.0. The van der Waals surface area contributed by atoms with E-state index in [1.165, 1.54) is 0 Å². The molecule has 0 aromatic heterocycles. The molecular weight excluding hydrogens is 266 g/mol. The number of carbonyl (C=O) groups excluding carboxylic acids is 1. The molecule has 3 heterocycles. The lowest BCUT2D eigenvalue weighted by molar-refractivity contribution is -0.122. The number of likely N-dealkylation sites (N-methyl/N-ethyl adjacent to an activating group) is 1. The Bertz CT molecular complexity index is 610. The van der Waals surface area contributed by atoms with Crippen molar-refractivity contribution in [1.82, 2.24) is 4.90 Å². The summed E-state index contributed by atoms with van der Waals surface area (Å²) < 4.78 is 6.15. The minimum absolute atomic E-state index is 0.126. The molecule has 1 fully saturated rings. The van der Waals surface area contributed by atoms with Gasteiger partial charge in [0.15, 0.2) is 5.78 Å². The van der Waals surface area contributed by atoms with Crippen molar-refractivity contribution in [3.8, 4) is 0 Å². The van der Waals surface area contributed by atoms with Crippen LogP contribution in [0.15, 0.2) is 41.7 Å². The van der Waals surface area contributed by atoms with E-state index in [0.717, 1.165) is 24.2 Å². The molecule has 0 amide bonds. The molecule has 4 heteroatoms. The smallest absolute Gasteiger partial charge is 0.167 e. The molecule has 4 rings (SSSR count). The predicted molar refractivity (Wildman–Crippen MR) is 77.5 cm³/mol. The van der Waals surface area contributed by atoms with Crippen molar-refractivity contribution in [3.63, 3.8) is 0 Å². The number of ketones is 1. The van der Waals surface area contributed by atoms with Crippen molar-refractivity contribution < 1.29 is 14.6 Å². The zero-order chi connectivity index (χ0) is 14.6. The Morgan fingerprint density at radius 1 is 1.24 bits per heavy atom. The van der Waals surface area contributed by atoms with Gasteiger partial charge in [-0.15, -0.1) is 0 Å². The Labute approximate surface area is 124 Å². The average Bonchev–Trinajstić information content (AvgIpc) is 2.67. The van der Waals surface area contributed by atoms with Crippen LogP contribution < -0.4 is 0 Å². The average molecular weight is 285 g/mol. The standard InChI is InChI=1S/C17H19NO3/c1-18-11-7-13(20)17(18)16-12(19)9-14(21-15(16)8-11)10-5-3-2-4-6-10/h2-6,11,13-14,17,20H,7-9H2,1H3. The monoisotopic (exact) mass is 285 g/mol. The molecule has 0 spiro atoms. The number of carbonyl (C=O) groups is 1. The van der Waals surface area contributed by atoms with Crippen LogP contribution in [-0.4, -0.2) is 41.0 Å². The molecule has 0 aliphatic carbocycles. The second kappa shape index (κ2) is 4.68. The molecule has 110 valence electrons. The van der Waals surface area contributed by atoms with Crippen LogP contribution in [0.25, 0.3) is 0 Å². The van der Waals surface area contributed by atoms with Crippen molar-refractivity contribution in [2.75, 3.05) is 7.05 Å². The van der Waals surface area contributed by atoms with E-state index < -0.39 is 6.10 Å². The quantitative estimate of drug-likeness (QED) is 0.855. The fraction of sp³-hybridized carbons (Fsp3) is 0.471. The molecular formula is C17H19NO3. The summed E-state index contributed by atoms with van der Waals surface area (Å²) in [7, 11) is 1.99. The first kappa shape index (κ1) is 13.0. The Kier molecular flexibility index (Phi) is 2.91. The highest BCUT2D eigenvalue weighted by Crippen LogP contribution is 2.44. The number of hydrogen-bond acceptors (Lipinski definition) is 4. The normalized spacial score (nSPS) is 35.6. The highest BCUT2D eigenvalue weighted by Gasteiger charge is 2.49. The molecule has 1 aromatic rings. The fourth-order valence-corrected chi connectivity index (χ4v) is 3.96. The molecule has 4 atom stereocenters. The molecule has 4 unspecified atom stereocenters. The Morgan fingerprint density at radius 2 is 2.00 bits per heavy atom. The van der Waals surface area contributed by atoms with E-state index in [2.05, 4.69) is 4.90 Å². The highest BCUT2D eigenvalue weighted by atomic mass is 16.5. The van der Waals surface area contributed by atoms with Gasteiger partial charge < -0.3 is 9.84 Å². The number of Topliss-reactive ketones (excluding diaryl/α,β-unsaturated/α-hetero) is 1. The van der Waals surface area contributed by atoms with Crippen LogP contribution in [0.5, 0.6) is 0 Å². The van der Waals surface area contributed by atoms with E-state index in [0.29, 0.717) is 12.0 Å². The summed E-state index contributed by atoms with van der Waals surface area (Å²) in [5, 5.41) is 10.2. The van der Waals surface area contributed by atoms with Gasteiger partial charge in [-0.3, -0.25) is 9.69 Å². The van der Waals surface area contributed by atoms with Gasteiger partial charge in [-0.05, 0) is 19.0 Å². The highest BCUT2D eigenvalue weighted by molar-refractivity contribution is 5.98. The lowest BCUT2D eigenvalue weighted by Gasteiger charge is -2.38. The van der Waals surface area contributed by atoms with E-state index in [9.17, 15) is 9.90 Å². The number of aliphatic hydroxyl groups excluding tert-OH is 1. The number of benzene rings is 1. The van der Waals surface area contributed by atoms with Gasteiger partial charge in [0.2, 0.25) is 0 Å². The topological polar surface area (TPSA) is 49.8 Å². The van der Waals surface area contributed by atoms with Crippen molar-refractivity contribution in [3.05, 3.63) is 47.2 Å². The molecule has 1 aromatic carbocycles. The largest absolute Gasteiger partial charge is 0.489 e. The number of rotatable bonds is 1. The van der Waals surface area contributed by atoms with E-state index >= 15 is 0 Å². The number of ether oxygens (including phenoxy) is 1. The first-order valence-electron chi connectivity index (χ1n) is 7.53. The summed E-state index contributed by atoms with van der Waals surface area (Å²) in [5.74, 6) is 0.936. The van der Waals surface area contributed by atoms with Gasteiger partial charge in [-0.2, -0.15) is 0 Å². The van der Waals surface area contributed by atoms with Crippen LogP contribution in [0, 0.1) is 0 Å². The maximum Gasteiger partial charge on any atom is 0.167 e. The third kappa shape index (κ3) is 1.93. The predicted octanol–water partition coefficient (Wildman–Crippen LogP) is 1.81. The first-order valence-corrected chi connectivity index (χ1v) is 7.53. The van der Waals surface area contributed by atoms with E-state index in [1.807, 2.05) is 37.4 Å². The van der Waals surface area contributed by atoms with Crippen LogP contribution in [0.4, 0.5) is 0 Å². The van der Waals surface area contributed by atoms with E-state index in [4.69, 9.17) is 4.74 Å². The van der Waals surface area contributed by atoms with Crippen molar-refractivity contribution >= 4 is 5.78 Å². The molecule has 0 saturated carbocycles. The van der Waals surface area contributed by atoms with Crippen LogP contribution in [0.1, 0.15) is 30.9 Å². The summed E-state index contributed by atoms with van der Waals surface area (Å²) in [5.41, 5.74) is 1.76. The number of aliphatic hydroxyl groups is 1. The summed E-state index contributed by atoms with van der Waals surface area (Å²) in [6, 6.07) is 10.0. The molecule has 21 heavy (non-hydrogen) atoms. The van der Waals surface area contributed by atoms with Gasteiger partial charge in [0.1, 0.15) is 11.9 Å². The van der Waals surface area contributed by atoms with Crippen LogP contribution >= 0.6 is 0 Å². The van der Waals surface area contributed by atoms with E-state index in [-0.39, 0.29) is 24.0 Å². The molecule has 4 nitrogen and oxygen atoms in total. The Hall–Kier alpha value is -1.65. The van der Waals surface area contributed by atoms with Gasteiger partial charge in [0.25, 0.3) is 0 Å². The number of fused-ring (bicyclic) bond motifs is 3. The van der Waals surface area contributed by atoms with Gasteiger partial charge >= 0.3 is 0 Å². The van der Waals surface area contributed by atoms with Gasteiger partial charge in [-0.25, -0.2) is 0 Å². The van der Waals surface area contributed by atoms with Gasteiger partial charge in [0.05, 0.1) is 24.1 Å². The van der Waals surface area contributed by atoms with Crippen molar-refractivity contribution in [1.29, 1.82) is 0 Å². The van der Waals surface area contributed by atoms with Crippen molar-refractivity contribution in [2.45, 2.75) is 43.6 Å². The molecule has 0 radical (unpaired) electrons. The first-order chi connectivity index (χ1) is 10.1. The molecule has 1 saturated heterocycles. The lowest BCUT2D eigenvalue weighted by Crippen LogP contribution is -2.45. The molecule has 3 aliphatic rings. The second-order valence-electron chi connectivity index (χ2n) is 6.25.